The van der Waals surface area contributed by atoms with Crippen LogP contribution in [0.2, 0.25) is 0 Å². The van der Waals surface area contributed by atoms with E-state index in [1.165, 1.54) is 18.9 Å². The second kappa shape index (κ2) is 5.07. The highest BCUT2D eigenvalue weighted by Gasteiger charge is 2.24. The van der Waals surface area contributed by atoms with Crippen molar-refractivity contribution in [1.29, 1.82) is 0 Å². The third-order valence-corrected chi connectivity index (χ3v) is 3.73. The second-order valence-corrected chi connectivity index (χ2v) is 5.51. The molecule has 0 amide bonds. The van der Waals surface area contributed by atoms with Crippen molar-refractivity contribution in [3.8, 4) is 0 Å². The lowest BCUT2D eigenvalue weighted by atomic mass is 10.1. The molecule has 20 heavy (non-hydrogen) atoms. The van der Waals surface area contributed by atoms with Gasteiger partial charge in [-0.05, 0) is 25.3 Å². The van der Waals surface area contributed by atoms with E-state index in [9.17, 15) is 10.1 Å². The Balaban J connectivity index is 1.94. The van der Waals surface area contributed by atoms with E-state index in [0.29, 0.717) is 11.6 Å². The molecule has 1 aliphatic rings. The molecule has 0 aliphatic heterocycles. The van der Waals surface area contributed by atoms with E-state index in [1.807, 2.05) is 12.1 Å². The van der Waals surface area contributed by atoms with Gasteiger partial charge >= 0.3 is 0 Å². The topological polar surface area (TPSA) is 68.1 Å². The van der Waals surface area contributed by atoms with Crippen LogP contribution in [-0.4, -0.2) is 15.9 Å². The first-order valence-electron chi connectivity index (χ1n) is 6.94. The number of nitrogens with one attached hydrogen (secondary N) is 1. The highest BCUT2D eigenvalue weighted by Crippen LogP contribution is 2.35. The minimum absolute atomic E-state index is 0.0565. The van der Waals surface area contributed by atoms with Crippen molar-refractivity contribution in [2.24, 2.45) is 5.92 Å². The quantitative estimate of drug-likeness (QED) is 0.664. The second-order valence-electron chi connectivity index (χ2n) is 5.51. The molecule has 0 radical (unpaired) electrons. The first-order valence-corrected chi connectivity index (χ1v) is 6.94. The summed E-state index contributed by atoms with van der Waals surface area (Å²) in [5.41, 5.74) is 1.42. The average Bonchev–Trinajstić information content (AvgIpc) is 3.22. The minimum atomic E-state index is -0.382. The SMILES string of the molecule is CC(CC1CC1)Nc1ccnc2c([N+](=O)[O-])cccc12. The molecule has 1 fully saturated rings. The van der Waals surface area contributed by atoms with Crippen LogP contribution in [0.4, 0.5) is 11.4 Å². The van der Waals surface area contributed by atoms with Crippen molar-refractivity contribution in [2.45, 2.75) is 32.2 Å². The fourth-order valence-corrected chi connectivity index (χ4v) is 2.61. The van der Waals surface area contributed by atoms with Crippen molar-refractivity contribution in [3.63, 3.8) is 0 Å². The molecule has 0 saturated heterocycles. The van der Waals surface area contributed by atoms with Crippen LogP contribution in [0.25, 0.3) is 10.9 Å². The highest BCUT2D eigenvalue weighted by atomic mass is 16.6. The van der Waals surface area contributed by atoms with E-state index >= 15 is 0 Å². The van der Waals surface area contributed by atoms with Gasteiger partial charge in [-0.25, -0.2) is 4.98 Å². The summed E-state index contributed by atoms with van der Waals surface area (Å²) in [6.45, 7) is 2.15. The maximum Gasteiger partial charge on any atom is 0.295 e. The molecule has 1 N–H and O–H groups in total. The van der Waals surface area contributed by atoms with Gasteiger partial charge in [0.15, 0.2) is 0 Å². The van der Waals surface area contributed by atoms with E-state index in [4.69, 9.17) is 0 Å². The summed E-state index contributed by atoms with van der Waals surface area (Å²) in [6, 6.07) is 7.33. The number of nitro benzene ring substituents is 1. The van der Waals surface area contributed by atoms with Crippen LogP contribution in [0, 0.1) is 16.0 Å². The molecule has 104 valence electrons. The number of benzene rings is 1. The van der Waals surface area contributed by atoms with E-state index < -0.39 is 0 Å². The molecular weight excluding hydrogens is 254 g/mol. The minimum Gasteiger partial charge on any atom is -0.382 e. The first-order chi connectivity index (χ1) is 9.65. The number of hydrogen-bond donors (Lipinski definition) is 1. The van der Waals surface area contributed by atoms with Crippen molar-refractivity contribution in [3.05, 3.63) is 40.6 Å². The zero-order valence-electron chi connectivity index (χ0n) is 11.4. The maximum atomic E-state index is 11.0. The summed E-state index contributed by atoms with van der Waals surface area (Å²) in [6.07, 6.45) is 5.43. The molecule has 1 aliphatic carbocycles. The van der Waals surface area contributed by atoms with Gasteiger partial charge in [0, 0.05) is 29.4 Å². The normalized spacial score (nSPS) is 16.1. The summed E-state index contributed by atoms with van der Waals surface area (Å²) < 4.78 is 0. The smallest absolute Gasteiger partial charge is 0.295 e. The standard InChI is InChI=1S/C15H17N3O2/c1-10(9-11-5-6-11)17-13-7-8-16-15-12(13)3-2-4-14(15)18(19)20/h2-4,7-8,10-11H,5-6,9H2,1H3,(H,16,17). The van der Waals surface area contributed by atoms with Crippen LogP contribution in [0.15, 0.2) is 30.5 Å². The van der Waals surface area contributed by atoms with E-state index in [-0.39, 0.29) is 10.6 Å². The van der Waals surface area contributed by atoms with Gasteiger partial charge in [-0.3, -0.25) is 10.1 Å². The van der Waals surface area contributed by atoms with Crippen LogP contribution >= 0.6 is 0 Å². The zero-order valence-corrected chi connectivity index (χ0v) is 11.4. The fraction of sp³-hybridized carbons (Fsp3) is 0.400. The third-order valence-electron chi connectivity index (χ3n) is 3.73. The Morgan fingerprint density at radius 1 is 1.45 bits per heavy atom. The maximum absolute atomic E-state index is 11.0. The van der Waals surface area contributed by atoms with Crippen molar-refractivity contribution in [1.82, 2.24) is 4.98 Å². The molecule has 1 unspecified atom stereocenters. The lowest BCUT2D eigenvalue weighted by Crippen LogP contribution is -2.16. The van der Waals surface area contributed by atoms with Gasteiger partial charge in [0.2, 0.25) is 0 Å². The van der Waals surface area contributed by atoms with Crippen molar-refractivity contribution in [2.75, 3.05) is 5.32 Å². The Hall–Kier alpha value is -2.17. The molecule has 1 aromatic carbocycles. The molecule has 1 aromatic heterocycles. The first kappa shape index (κ1) is 12.8. The number of hydrogen-bond acceptors (Lipinski definition) is 4. The van der Waals surface area contributed by atoms with Crippen LogP contribution in [0.1, 0.15) is 26.2 Å². The number of pyridine rings is 1. The Morgan fingerprint density at radius 3 is 2.95 bits per heavy atom. The molecule has 1 heterocycles. The number of anilines is 1. The molecule has 1 saturated carbocycles. The molecule has 1 atom stereocenters. The Kier molecular flexibility index (Phi) is 3.26. The molecule has 5 nitrogen and oxygen atoms in total. The van der Waals surface area contributed by atoms with Gasteiger partial charge in [0.25, 0.3) is 5.69 Å². The number of fused-ring (bicyclic) bond motifs is 1. The highest BCUT2D eigenvalue weighted by molar-refractivity contribution is 5.96. The molecular formula is C15H17N3O2. The number of rotatable bonds is 5. The summed E-state index contributed by atoms with van der Waals surface area (Å²) in [5.74, 6) is 0.847. The van der Waals surface area contributed by atoms with Gasteiger partial charge in [-0.2, -0.15) is 0 Å². The predicted octanol–water partition coefficient (Wildman–Crippen LogP) is 3.74. The molecule has 5 heteroatoms. The summed E-state index contributed by atoms with van der Waals surface area (Å²) in [4.78, 5) is 14.8. The van der Waals surface area contributed by atoms with Gasteiger partial charge < -0.3 is 5.32 Å². The molecule has 0 bridgehead atoms. The summed E-state index contributed by atoms with van der Waals surface area (Å²) in [7, 11) is 0. The molecule has 2 aromatic rings. The number of para-hydroxylation sites is 1. The summed E-state index contributed by atoms with van der Waals surface area (Å²) in [5, 5.41) is 15.3. The number of aromatic nitrogens is 1. The number of nitrogens with zero attached hydrogens (tertiary/aromatic N) is 2. The summed E-state index contributed by atoms with van der Waals surface area (Å²) >= 11 is 0. The lowest BCUT2D eigenvalue weighted by Gasteiger charge is -2.16. The van der Waals surface area contributed by atoms with Gasteiger partial charge in [0.05, 0.1) is 4.92 Å². The molecule has 0 spiro atoms. The Labute approximate surface area is 117 Å². The van der Waals surface area contributed by atoms with Crippen LogP contribution in [0.3, 0.4) is 0 Å². The van der Waals surface area contributed by atoms with Gasteiger partial charge in [-0.15, -0.1) is 0 Å². The largest absolute Gasteiger partial charge is 0.382 e. The zero-order chi connectivity index (χ0) is 14.1. The van der Waals surface area contributed by atoms with E-state index in [1.54, 1.807) is 12.3 Å². The van der Waals surface area contributed by atoms with Crippen molar-refractivity contribution >= 4 is 22.3 Å². The lowest BCUT2D eigenvalue weighted by molar-refractivity contribution is -0.383. The van der Waals surface area contributed by atoms with E-state index in [2.05, 4.69) is 17.2 Å². The van der Waals surface area contributed by atoms with Crippen molar-refractivity contribution < 1.29 is 4.92 Å². The fourth-order valence-electron chi connectivity index (χ4n) is 2.61. The average molecular weight is 271 g/mol. The van der Waals surface area contributed by atoms with Crippen LogP contribution in [0.5, 0.6) is 0 Å². The van der Waals surface area contributed by atoms with Gasteiger partial charge in [0.1, 0.15) is 5.52 Å². The molecule has 3 rings (SSSR count). The Bertz CT molecular complexity index is 653. The predicted molar refractivity (Wildman–Crippen MR) is 78.8 cm³/mol. The third kappa shape index (κ3) is 2.57. The Morgan fingerprint density at radius 2 is 2.25 bits per heavy atom. The monoisotopic (exact) mass is 271 g/mol. The van der Waals surface area contributed by atoms with E-state index in [0.717, 1.165) is 23.4 Å². The number of nitro groups is 1. The number of non-ortho nitro benzene ring substituents is 1. The van der Waals surface area contributed by atoms with Crippen LogP contribution in [-0.2, 0) is 0 Å². The van der Waals surface area contributed by atoms with Gasteiger partial charge in [-0.1, -0.05) is 25.0 Å². The van der Waals surface area contributed by atoms with Crippen LogP contribution < -0.4 is 5.32 Å².